The molecule has 0 bridgehead atoms. The fourth-order valence-corrected chi connectivity index (χ4v) is 1.82. The molecule has 0 aliphatic heterocycles. The monoisotopic (exact) mass is 275 g/mol. The van der Waals surface area contributed by atoms with Crippen molar-refractivity contribution in [2.75, 3.05) is 0 Å². The molecular weight excluding hydrogens is 254 g/mol. The number of nitrogens with zero attached hydrogens (tertiary/aromatic N) is 2. The Morgan fingerprint density at radius 1 is 1.30 bits per heavy atom. The molecule has 1 aromatic carbocycles. The Morgan fingerprint density at radius 3 is 2.60 bits per heavy atom. The summed E-state index contributed by atoms with van der Waals surface area (Å²) in [5.74, 6) is 2.25. The van der Waals surface area contributed by atoms with Crippen LogP contribution in [0.1, 0.15) is 55.6 Å². The molecule has 0 aliphatic rings. The Bertz CT molecular complexity index is 576. The summed E-state index contributed by atoms with van der Waals surface area (Å²) < 4.78 is 10.9. The second-order valence-electron chi connectivity index (χ2n) is 5.30. The maximum Gasteiger partial charge on any atom is 0.264 e. The van der Waals surface area contributed by atoms with Crippen LogP contribution in [0.4, 0.5) is 0 Å². The van der Waals surface area contributed by atoms with Gasteiger partial charge in [-0.2, -0.15) is 4.98 Å². The van der Waals surface area contributed by atoms with Gasteiger partial charge in [-0.15, -0.1) is 0 Å². The smallest absolute Gasteiger partial charge is 0.264 e. The van der Waals surface area contributed by atoms with Gasteiger partial charge < -0.3 is 15.0 Å². The van der Waals surface area contributed by atoms with Crippen molar-refractivity contribution in [1.29, 1.82) is 0 Å². The Labute approximate surface area is 119 Å². The van der Waals surface area contributed by atoms with E-state index in [0.29, 0.717) is 11.7 Å². The van der Waals surface area contributed by atoms with Gasteiger partial charge in [0.25, 0.3) is 5.89 Å². The number of rotatable bonds is 5. The summed E-state index contributed by atoms with van der Waals surface area (Å²) in [6.45, 7) is 8.27. The topological polar surface area (TPSA) is 74.2 Å². The molecule has 0 saturated heterocycles. The van der Waals surface area contributed by atoms with Crippen molar-refractivity contribution in [2.24, 2.45) is 5.73 Å². The lowest BCUT2D eigenvalue weighted by atomic mass is 10.1. The molecule has 0 spiro atoms. The zero-order chi connectivity index (χ0) is 14.7. The van der Waals surface area contributed by atoms with Gasteiger partial charge in [0, 0.05) is 12.0 Å². The summed E-state index contributed by atoms with van der Waals surface area (Å²) in [7, 11) is 0. The standard InChI is InChI=1S/C15H21N3O2/c1-9(2)15-17-14(20-18-15)8-19-13-6-5-12(11(4)16)7-10(13)3/h5-7,9,11H,8,16H2,1-4H3/t11-/m1/s1. The molecule has 108 valence electrons. The number of aryl methyl sites for hydroxylation is 1. The highest BCUT2D eigenvalue weighted by Gasteiger charge is 2.11. The Morgan fingerprint density at radius 2 is 2.05 bits per heavy atom. The fourth-order valence-electron chi connectivity index (χ4n) is 1.82. The van der Waals surface area contributed by atoms with Crippen LogP contribution in [0, 0.1) is 6.92 Å². The molecule has 2 N–H and O–H groups in total. The van der Waals surface area contributed by atoms with Crippen LogP contribution in [0.2, 0.25) is 0 Å². The van der Waals surface area contributed by atoms with Crippen LogP contribution in [0.15, 0.2) is 22.7 Å². The molecular formula is C15H21N3O2. The zero-order valence-corrected chi connectivity index (χ0v) is 12.4. The molecule has 1 heterocycles. The second kappa shape index (κ2) is 6.05. The van der Waals surface area contributed by atoms with Gasteiger partial charge >= 0.3 is 0 Å². The third kappa shape index (κ3) is 3.36. The number of hydrogen-bond donors (Lipinski definition) is 1. The molecule has 1 aromatic heterocycles. The number of nitrogens with two attached hydrogens (primary N) is 1. The van der Waals surface area contributed by atoms with Crippen molar-refractivity contribution < 1.29 is 9.26 Å². The molecule has 2 aromatic rings. The van der Waals surface area contributed by atoms with Gasteiger partial charge in [0.15, 0.2) is 12.4 Å². The summed E-state index contributed by atoms with van der Waals surface area (Å²) in [4.78, 5) is 4.28. The summed E-state index contributed by atoms with van der Waals surface area (Å²) in [5.41, 5.74) is 7.99. The summed E-state index contributed by atoms with van der Waals surface area (Å²) >= 11 is 0. The summed E-state index contributed by atoms with van der Waals surface area (Å²) in [5, 5.41) is 3.91. The highest BCUT2D eigenvalue weighted by molar-refractivity contribution is 5.37. The van der Waals surface area contributed by atoms with E-state index in [4.69, 9.17) is 15.0 Å². The maximum absolute atomic E-state index is 5.85. The highest BCUT2D eigenvalue weighted by Crippen LogP contribution is 2.22. The van der Waals surface area contributed by atoms with Gasteiger partial charge in [-0.05, 0) is 31.0 Å². The highest BCUT2D eigenvalue weighted by atomic mass is 16.5. The van der Waals surface area contributed by atoms with E-state index >= 15 is 0 Å². The normalized spacial score (nSPS) is 12.7. The molecule has 0 radical (unpaired) electrons. The average molecular weight is 275 g/mol. The van der Waals surface area contributed by atoms with Crippen LogP contribution >= 0.6 is 0 Å². The van der Waals surface area contributed by atoms with Gasteiger partial charge in [0.1, 0.15) is 5.75 Å². The third-order valence-corrected chi connectivity index (χ3v) is 3.08. The minimum Gasteiger partial charge on any atom is -0.483 e. The number of benzene rings is 1. The van der Waals surface area contributed by atoms with Gasteiger partial charge in [0.2, 0.25) is 0 Å². The van der Waals surface area contributed by atoms with E-state index in [-0.39, 0.29) is 18.6 Å². The Hall–Kier alpha value is -1.88. The van der Waals surface area contributed by atoms with Crippen molar-refractivity contribution in [2.45, 2.75) is 46.3 Å². The van der Waals surface area contributed by atoms with Crippen molar-refractivity contribution >= 4 is 0 Å². The van der Waals surface area contributed by atoms with Crippen molar-refractivity contribution in [3.8, 4) is 5.75 Å². The molecule has 5 nitrogen and oxygen atoms in total. The molecule has 0 saturated carbocycles. The molecule has 0 amide bonds. The molecule has 5 heteroatoms. The van der Waals surface area contributed by atoms with Crippen LogP contribution < -0.4 is 10.5 Å². The van der Waals surface area contributed by atoms with Crippen LogP contribution in [0.3, 0.4) is 0 Å². The van der Waals surface area contributed by atoms with E-state index in [1.165, 1.54) is 0 Å². The average Bonchev–Trinajstić information content (AvgIpc) is 2.86. The largest absolute Gasteiger partial charge is 0.483 e. The lowest BCUT2D eigenvalue weighted by Gasteiger charge is -2.11. The molecule has 20 heavy (non-hydrogen) atoms. The third-order valence-electron chi connectivity index (χ3n) is 3.08. The second-order valence-corrected chi connectivity index (χ2v) is 5.30. The first kappa shape index (κ1) is 14.5. The first-order chi connectivity index (χ1) is 9.47. The molecule has 1 atom stereocenters. The first-order valence-electron chi connectivity index (χ1n) is 6.78. The molecule has 0 aliphatic carbocycles. The van der Waals surface area contributed by atoms with E-state index in [0.717, 1.165) is 16.9 Å². The molecule has 0 fully saturated rings. The Kier molecular flexibility index (Phi) is 4.39. The van der Waals surface area contributed by atoms with Crippen LogP contribution in [0.5, 0.6) is 5.75 Å². The molecule has 0 unspecified atom stereocenters. The lowest BCUT2D eigenvalue weighted by molar-refractivity contribution is 0.241. The lowest BCUT2D eigenvalue weighted by Crippen LogP contribution is -2.05. The Balaban J connectivity index is 2.03. The zero-order valence-electron chi connectivity index (χ0n) is 12.4. The number of ether oxygens (including phenoxy) is 1. The van der Waals surface area contributed by atoms with Crippen molar-refractivity contribution in [3.63, 3.8) is 0 Å². The maximum atomic E-state index is 5.85. The van der Waals surface area contributed by atoms with Crippen LogP contribution in [-0.2, 0) is 6.61 Å². The van der Waals surface area contributed by atoms with Crippen LogP contribution in [-0.4, -0.2) is 10.1 Å². The van der Waals surface area contributed by atoms with Crippen molar-refractivity contribution in [3.05, 3.63) is 41.0 Å². The SMILES string of the molecule is Cc1cc([C@@H](C)N)ccc1OCc1nc(C(C)C)no1. The fraction of sp³-hybridized carbons (Fsp3) is 0.467. The summed E-state index contributed by atoms with van der Waals surface area (Å²) in [6, 6.07) is 5.95. The predicted molar refractivity (Wildman–Crippen MR) is 76.5 cm³/mol. The van der Waals surface area contributed by atoms with E-state index in [2.05, 4.69) is 10.1 Å². The van der Waals surface area contributed by atoms with Crippen molar-refractivity contribution in [1.82, 2.24) is 10.1 Å². The van der Waals surface area contributed by atoms with Gasteiger partial charge in [0.05, 0.1) is 0 Å². The van der Waals surface area contributed by atoms with Gasteiger partial charge in [-0.3, -0.25) is 0 Å². The van der Waals surface area contributed by atoms with Gasteiger partial charge in [-0.25, -0.2) is 0 Å². The minimum absolute atomic E-state index is 0.0206. The minimum atomic E-state index is 0.0206. The van der Waals surface area contributed by atoms with E-state index in [1.54, 1.807) is 0 Å². The predicted octanol–water partition coefficient (Wildman–Crippen LogP) is 3.10. The quantitative estimate of drug-likeness (QED) is 0.907. The molecule has 2 rings (SSSR count). The van der Waals surface area contributed by atoms with Gasteiger partial charge in [-0.1, -0.05) is 31.1 Å². The van der Waals surface area contributed by atoms with E-state index in [1.807, 2.05) is 45.9 Å². The van der Waals surface area contributed by atoms with Crippen LogP contribution in [0.25, 0.3) is 0 Å². The first-order valence-corrected chi connectivity index (χ1v) is 6.78. The summed E-state index contributed by atoms with van der Waals surface area (Å²) in [6.07, 6.45) is 0. The van der Waals surface area contributed by atoms with E-state index < -0.39 is 0 Å². The van der Waals surface area contributed by atoms with E-state index in [9.17, 15) is 0 Å². The number of hydrogen-bond acceptors (Lipinski definition) is 5. The number of aromatic nitrogens is 2.